The number of aromatic nitrogens is 4. The van der Waals surface area contributed by atoms with Gasteiger partial charge in [0.2, 0.25) is 0 Å². The highest BCUT2D eigenvalue weighted by molar-refractivity contribution is 7.25. The van der Waals surface area contributed by atoms with E-state index in [0.717, 1.165) is 66.1 Å². The van der Waals surface area contributed by atoms with Crippen LogP contribution < -0.4 is 0 Å². The molecule has 9 aromatic carbocycles. The van der Waals surface area contributed by atoms with Crippen LogP contribution >= 0.6 is 11.3 Å². The monoisotopic (exact) mass is 770 g/mol. The average molecular weight is 771 g/mol. The lowest BCUT2D eigenvalue weighted by atomic mass is 10.0. The van der Waals surface area contributed by atoms with E-state index in [-0.39, 0.29) is 0 Å². The second-order valence-corrected chi connectivity index (χ2v) is 16.3. The normalized spacial score (nSPS) is 12.1. The molecule has 0 fully saturated rings. The average Bonchev–Trinajstić information content (AvgIpc) is 3.96. The van der Waals surface area contributed by atoms with Crippen LogP contribution in [0.15, 0.2) is 186 Å². The summed E-state index contributed by atoms with van der Waals surface area (Å²) in [6.45, 7) is 0. The molecule has 13 rings (SSSR count). The molecule has 0 bridgehead atoms. The first-order valence-electron chi connectivity index (χ1n) is 19.8. The number of nitrogens with zero attached hydrogens (tertiary/aromatic N) is 4. The summed E-state index contributed by atoms with van der Waals surface area (Å²) in [5, 5.41) is 11.5. The minimum absolute atomic E-state index is 0.586. The molecule has 0 spiro atoms. The molecule has 274 valence electrons. The Morgan fingerprint density at radius 1 is 0.373 bits per heavy atom. The first-order valence-corrected chi connectivity index (χ1v) is 20.6. The zero-order chi connectivity index (χ0) is 38.6. The lowest BCUT2D eigenvalue weighted by Gasteiger charge is -2.15. The smallest absolute Gasteiger partial charge is 0.166 e. The van der Waals surface area contributed by atoms with Crippen LogP contribution in [0.5, 0.6) is 0 Å². The number of rotatable bonds is 4. The number of fused-ring (bicyclic) bond motifs is 11. The van der Waals surface area contributed by atoms with Gasteiger partial charge in [0.05, 0.1) is 16.7 Å². The number of hydrogen-bond acceptors (Lipinski definition) is 5. The van der Waals surface area contributed by atoms with Crippen LogP contribution in [0.25, 0.3) is 125 Å². The third-order valence-corrected chi connectivity index (χ3v) is 13.0. The molecule has 0 unspecified atom stereocenters. The van der Waals surface area contributed by atoms with Crippen LogP contribution in [0.2, 0.25) is 0 Å². The predicted molar refractivity (Wildman–Crippen MR) is 246 cm³/mol. The molecule has 59 heavy (non-hydrogen) atoms. The van der Waals surface area contributed by atoms with Crippen LogP contribution in [0, 0.1) is 0 Å². The van der Waals surface area contributed by atoms with Crippen LogP contribution in [-0.2, 0) is 0 Å². The molecule has 4 aromatic heterocycles. The van der Waals surface area contributed by atoms with Gasteiger partial charge < -0.3 is 8.98 Å². The first kappa shape index (κ1) is 32.4. The van der Waals surface area contributed by atoms with E-state index in [1.165, 1.54) is 41.7 Å². The molecule has 0 amide bonds. The Bertz CT molecular complexity index is 3870. The number of para-hydroxylation sites is 2. The highest BCUT2D eigenvalue weighted by Crippen LogP contribution is 2.42. The summed E-state index contributed by atoms with van der Waals surface area (Å²) in [6.07, 6.45) is 0. The third kappa shape index (κ3) is 4.94. The maximum atomic E-state index is 6.61. The number of thiophene rings is 1. The van der Waals surface area contributed by atoms with Crippen molar-refractivity contribution in [2.45, 2.75) is 0 Å². The van der Waals surface area contributed by atoms with Crippen molar-refractivity contribution in [2.75, 3.05) is 0 Å². The van der Waals surface area contributed by atoms with Gasteiger partial charge in [-0.1, -0.05) is 133 Å². The summed E-state index contributed by atoms with van der Waals surface area (Å²) in [5.74, 6) is 1.83. The maximum Gasteiger partial charge on any atom is 0.166 e. The van der Waals surface area contributed by atoms with Crippen LogP contribution in [-0.4, -0.2) is 19.5 Å². The fourth-order valence-corrected chi connectivity index (χ4v) is 10.2. The summed E-state index contributed by atoms with van der Waals surface area (Å²) in [7, 11) is 0. The topological polar surface area (TPSA) is 56.7 Å². The highest BCUT2D eigenvalue weighted by Gasteiger charge is 2.23. The van der Waals surface area contributed by atoms with Crippen molar-refractivity contribution < 1.29 is 4.42 Å². The summed E-state index contributed by atoms with van der Waals surface area (Å²) in [4.78, 5) is 16.2. The number of furan rings is 1. The molecule has 0 saturated heterocycles. The van der Waals surface area contributed by atoms with Gasteiger partial charge in [-0.3, -0.25) is 0 Å². The zero-order valence-corrected chi connectivity index (χ0v) is 32.2. The molecule has 5 nitrogen and oxygen atoms in total. The van der Waals surface area contributed by atoms with E-state index in [4.69, 9.17) is 19.4 Å². The Hall–Kier alpha value is -7.67. The summed E-state index contributed by atoms with van der Waals surface area (Å²) in [6, 6.07) is 64.4. The van der Waals surface area contributed by atoms with Crippen LogP contribution in [0.4, 0.5) is 0 Å². The van der Waals surface area contributed by atoms with Crippen molar-refractivity contribution in [1.29, 1.82) is 0 Å². The Morgan fingerprint density at radius 3 is 1.92 bits per heavy atom. The van der Waals surface area contributed by atoms with Crippen molar-refractivity contribution in [3.63, 3.8) is 0 Å². The van der Waals surface area contributed by atoms with Crippen molar-refractivity contribution >= 4 is 96.8 Å². The molecule has 0 aliphatic carbocycles. The van der Waals surface area contributed by atoms with Gasteiger partial charge in [0.1, 0.15) is 11.2 Å². The highest BCUT2D eigenvalue weighted by atomic mass is 32.1. The zero-order valence-electron chi connectivity index (χ0n) is 31.4. The molecule has 13 aromatic rings. The second-order valence-electron chi connectivity index (χ2n) is 15.2. The van der Waals surface area contributed by atoms with Gasteiger partial charge >= 0.3 is 0 Å². The van der Waals surface area contributed by atoms with Crippen molar-refractivity contribution in [3.05, 3.63) is 182 Å². The van der Waals surface area contributed by atoms with E-state index in [0.29, 0.717) is 17.5 Å². The van der Waals surface area contributed by atoms with Crippen molar-refractivity contribution in [1.82, 2.24) is 19.5 Å². The van der Waals surface area contributed by atoms with Gasteiger partial charge in [-0.15, -0.1) is 11.3 Å². The van der Waals surface area contributed by atoms with E-state index in [1.807, 2.05) is 12.1 Å². The molecule has 0 aliphatic heterocycles. The number of benzene rings is 9. The van der Waals surface area contributed by atoms with Gasteiger partial charge in [0.25, 0.3) is 0 Å². The van der Waals surface area contributed by atoms with E-state index in [9.17, 15) is 0 Å². The van der Waals surface area contributed by atoms with Gasteiger partial charge in [-0.25, -0.2) is 15.0 Å². The molecule has 0 radical (unpaired) electrons. The standard InChI is InChI=1S/C53H30N4OS/c1-2-14-33-27-45-41(26-32(33)13-1)36-17-5-8-21-44(36)57(45)46-30-48-42(37-18-6-9-22-47(37)58-48)29-43(46)53-55-51(34-24-25-39-38-19-7-10-23-49(38)59-50(39)28-34)54-52(56-53)40-20-11-15-31-12-3-4-16-35(31)40/h1-30H. The van der Waals surface area contributed by atoms with Crippen LogP contribution in [0.3, 0.4) is 0 Å². The summed E-state index contributed by atoms with van der Waals surface area (Å²) < 4.78 is 11.4. The fourth-order valence-electron chi connectivity index (χ4n) is 9.07. The van der Waals surface area contributed by atoms with E-state index in [1.54, 1.807) is 11.3 Å². The van der Waals surface area contributed by atoms with Crippen molar-refractivity contribution in [3.8, 4) is 39.9 Å². The van der Waals surface area contributed by atoms with Crippen molar-refractivity contribution in [2.24, 2.45) is 0 Å². The van der Waals surface area contributed by atoms with Gasteiger partial charge in [0.15, 0.2) is 17.5 Å². The van der Waals surface area contributed by atoms with Gasteiger partial charge in [0, 0.05) is 64.5 Å². The molecular weight excluding hydrogens is 741 g/mol. The Morgan fingerprint density at radius 2 is 1.03 bits per heavy atom. The molecule has 0 N–H and O–H groups in total. The Balaban J connectivity index is 1.15. The molecule has 0 atom stereocenters. The largest absolute Gasteiger partial charge is 0.456 e. The number of hydrogen-bond donors (Lipinski definition) is 0. The SMILES string of the molecule is c1ccc2cc3c(cc2c1)c1ccccc1n3-c1cc2oc3ccccc3c2cc1-c1nc(-c2ccc3c(c2)sc2ccccc23)nc(-c2cccc3ccccc23)n1. The molecule has 0 saturated carbocycles. The first-order chi connectivity index (χ1) is 29.2. The Labute approximate surface area is 341 Å². The lowest BCUT2D eigenvalue weighted by molar-refractivity contribution is 0.668. The molecule has 6 heteroatoms. The Kier molecular flexibility index (Phi) is 6.82. The lowest BCUT2D eigenvalue weighted by Crippen LogP contribution is -2.04. The van der Waals surface area contributed by atoms with E-state index in [2.05, 4.69) is 174 Å². The molecule has 0 aliphatic rings. The van der Waals surface area contributed by atoms with Gasteiger partial charge in [-0.2, -0.15) is 0 Å². The third-order valence-electron chi connectivity index (χ3n) is 11.8. The fraction of sp³-hybridized carbons (Fsp3) is 0. The minimum atomic E-state index is 0.586. The summed E-state index contributed by atoms with van der Waals surface area (Å²) >= 11 is 1.80. The minimum Gasteiger partial charge on any atom is -0.456 e. The van der Waals surface area contributed by atoms with Gasteiger partial charge in [-0.05, 0) is 64.0 Å². The maximum absolute atomic E-state index is 6.61. The molecule has 4 heterocycles. The summed E-state index contributed by atoms with van der Waals surface area (Å²) in [5.41, 5.74) is 7.53. The van der Waals surface area contributed by atoms with E-state index < -0.39 is 0 Å². The second kappa shape index (κ2) is 12.4. The van der Waals surface area contributed by atoms with E-state index >= 15 is 0 Å². The molecular formula is C53H30N4OS. The predicted octanol–water partition coefficient (Wildman–Crippen LogP) is 14.5. The quantitative estimate of drug-likeness (QED) is 0.179. The van der Waals surface area contributed by atoms with Crippen LogP contribution in [0.1, 0.15) is 0 Å².